The van der Waals surface area contributed by atoms with Crippen LogP contribution in [0, 0.1) is 6.92 Å². The Morgan fingerprint density at radius 1 is 1.53 bits per heavy atom. The third-order valence-corrected chi connectivity index (χ3v) is 3.47. The molecule has 0 aliphatic rings. The van der Waals surface area contributed by atoms with Gasteiger partial charge in [0.25, 0.3) is 5.91 Å². The van der Waals surface area contributed by atoms with Crippen molar-refractivity contribution in [3.8, 4) is 0 Å². The van der Waals surface area contributed by atoms with E-state index in [1.165, 1.54) is 0 Å². The first-order chi connectivity index (χ1) is 8.06. The molecule has 7 heteroatoms. The van der Waals surface area contributed by atoms with E-state index in [4.69, 9.17) is 11.6 Å². The summed E-state index contributed by atoms with van der Waals surface area (Å²) in [4.78, 5) is 16.0. The number of hydrogen-bond acceptors (Lipinski definition) is 4. The van der Waals surface area contributed by atoms with Crippen LogP contribution < -0.4 is 5.32 Å². The monoisotopic (exact) mass is 331 g/mol. The molecule has 0 saturated carbocycles. The molecule has 1 aromatic carbocycles. The molecular weight excluding hydrogens is 326 g/mol. The highest BCUT2D eigenvalue weighted by Crippen LogP contribution is 2.22. The van der Waals surface area contributed by atoms with Crippen molar-refractivity contribution in [3.05, 3.63) is 39.1 Å². The fourth-order valence-electron chi connectivity index (χ4n) is 1.18. The van der Waals surface area contributed by atoms with Gasteiger partial charge in [0.1, 0.15) is 5.82 Å². The van der Waals surface area contributed by atoms with E-state index in [-0.39, 0.29) is 5.91 Å². The largest absolute Gasteiger partial charge is 0.297 e. The maximum absolute atomic E-state index is 11.9. The fraction of sp³-hybridized carbons (Fsp3) is 0.100. The number of amides is 1. The molecule has 0 aliphatic heterocycles. The Balaban J connectivity index is 2.22. The lowest BCUT2D eigenvalue weighted by Gasteiger charge is -2.04. The van der Waals surface area contributed by atoms with E-state index < -0.39 is 0 Å². The van der Waals surface area contributed by atoms with Crippen LogP contribution in [0.4, 0.5) is 5.13 Å². The van der Waals surface area contributed by atoms with E-state index in [0.717, 1.165) is 16.0 Å². The number of anilines is 1. The van der Waals surface area contributed by atoms with Crippen LogP contribution in [-0.4, -0.2) is 15.3 Å². The number of rotatable bonds is 2. The Morgan fingerprint density at radius 2 is 2.29 bits per heavy atom. The first-order valence-electron chi connectivity index (χ1n) is 4.63. The lowest BCUT2D eigenvalue weighted by molar-refractivity contribution is 0.102. The number of carbonyl (C=O) groups is 1. The van der Waals surface area contributed by atoms with E-state index in [1.54, 1.807) is 25.1 Å². The van der Waals surface area contributed by atoms with Gasteiger partial charge >= 0.3 is 0 Å². The second-order valence-electron chi connectivity index (χ2n) is 3.23. The third kappa shape index (κ3) is 3.02. The fourth-order valence-corrected chi connectivity index (χ4v) is 2.32. The summed E-state index contributed by atoms with van der Waals surface area (Å²) in [5, 5.41) is 3.50. The van der Waals surface area contributed by atoms with Crippen LogP contribution in [-0.2, 0) is 0 Å². The molecule has 0 saturated heterocycles. The molecule has 0 atom stereocenters. The molecule has 1 aromatic heterocycles. The highest BCUT2D eigenvalue weighted by Gasteiger charge is 2.12. The van der Waals surface area contributed by atoms with Crippen molar-refractivity contribution in [2.24, 2.45) is 0 Å². The molecule has 88 valence electrons. The van der Waals surface area contributed by atoms with Gasteiger partial charge in [0.2, 0.25) is 5.13 Å². The van der Waals surface area contributed by atoms with E-state index in [0.29, 0.717) is 21.5 Å². The van der Waals surface area contributed by atoms with Crippen molar-refractivity contribution in [2.45, 2.75) is 6.92 Å². The topological polar surface area (TPSA) is 54.9 Å². The van der Waals surface area contributed by atoms with Crippen LogP contribution in [0.5, 0.6) is 0 Å². The number of halogens is 2. The van der Waals surface area contributed by atoms with Gasteiger partial charge in [0.05, 0.1) is 10.6 Å². The Morgan fingerprint density at radius 3 is 2.94 bits per heavy atom. The Kier molecular flexibility index (Phi) is 3.76. The predicted octanol–water partition coefficient (Wildman–Crippen LogP) is 3.51. The summed E-state index contributed by atoms with van der Waals surface area (Å²) in [6.07, 6.45) is 0. The van der Waals surface area contributed by atoms with Gasteiger partial charge in [-0.1, -0.05) is 27.5 Å². The van der Waals surface area contributed by atoms with Gasteiger partial charge in [-0.05, 0) is 25.1 Å². The number of hydrogen-bond donors (Lipinski definition) is 1. The molecule has 1 amide bonds. The minimum Gasteiger partial charge on any atom is -0.297 e. The molecule has 0 radical (unpaired) electrons. The summed E-state index contributed by atoms with van der Waals surface area (Å²) < 4.78 is 4.77. The molecule has 2 aromatic rings. The standard InChI is InChI=1S/C10H7BrClN3OS/c1-5-13-10(17-15-5)14-9(16)7-4-6(11)2-3-8(7)12/h2-4H,1H3,(H,13,14,15,16). The second kappa shape index (κ2) is 5.12. The SMILES string of the molecule is Cc1nsc(NC(=O)c2cc(Br)ccc2Cl)n1. The maximum Gasteiger partial charge on any atom is 0.259 e. The summed E-state index contributed by atoms with van der Waals surface area (Å²) in [6.45, 7) is 1.76. The van der Waals surface area contributed by atoms with Crippen LogP contribution in [0.1, 0.15) is 16.2 Å². The van der Waals surface area contributed by atoms with Gasteiger partial charge < -0.3 is 0 Å². The maximum atomic E-state index is 11.9. The Labute approximate surface area is 115 Å². The number of benzene rings is 1. The molecule has 0 bridgehead atoms. The van der Waals surface area contributed by atoms with Gasteiger partial charge in [-0.2, -0.15) is 4.37 Å². The first-order valence-corrected chi connectivity index (χ1v) is 6.57. The van der Waals surface area contributed by atoms with Crippen LogP contribution in [0.2, 0.25) is 5.02 Å². The molecule has 2 rings (SSSR count). The van der Waals surface area contributed by atoms with E-state index in [2.05, 4.69) is 30.6 Å². The average Bonchev–Trinajstić information content (AvgIpc) is 2.67. The van der Waals surface area contributed by atoms with Gasteiger partial charge in [0, 0.05) is 16.0 Å². The zero-order valence-electron chi connectivity index (χ0n) is 8.70. The molecule has 0 unspecified atom stereocenters. The van der Waals surface area contributed by atoms with Crippen molar-refractivity contribution < 1.29 is 4.79 Å². The molecule has 0 aliphatic carbocycles. The smallest absolute Gasteiger partial charge is 0.259 e. The molecule has 1 N–H and O–H groups in total. The lowest BCUT2D eigenvalue weighted by Crippen LogP contribution is -2.12. The van der Waals surface area contributed by atoms with Crippen molar-refractivity contribution in [2.75, 3.05) is 5.32 Å². The molecule has 4 nitrogen and oxygen atoms in total. The quantitative estimate of drug-likeness (QED) is 0.915. The highest BCUT2D eigenvalue weighted by molar-refractivity contribution is 9.10. The van der Waals surface area contributed by atoms with E-state index in [9.17, 15) is 4.79 Å². The van der Waals surface area contributed by atoms with Crippen LogP contribution in [0.25, 0.3) is 0 Å². The van der Waals surface area contributed by atoms with Crippen molar-refractivity contribution in [1.29, 1.82) is 0 Å². The van der Waals surface area contributed by atoms with Crippen LogP contribution in [0.15, 0.2) is 22.7 Å². The summed E-state index contributed by atoms with van der Waals surface area (Å²) in [7, 11) is 0. The van der Waals surface area contributed by atoms with E-state index in [1.807, 2.05) is 0 Å². The second-order valence-corrected chi connectivity index (χ2v) is 5.30. The number of aryl methyl sites for hydroxylation is 1. The predicted molar refractivity (Wildman–Crippen MR) is 71.8 cm³/mol. The number of carbonyl (C=O) groups excluding carboxylic acids is 1. The summed E-state index contributed by atoms with van der Waals surface area (Å²) in [5.74, 6) is 0.332. The molecule has 1 heterocycles. The van der Waals surface area contributed by atoms with Crippen molar-refractivity contribution in [3.63, 3.8) is 0 Å². The Hall–Kier alpha value is -0.980. The normalized spacial score (nSPS) is 10.3. The summed E-state index contributed by atoms with van der Waals surface area (Å²) in [5.41, 5.74) is 0.397. The van der Waals surface area contributed by atoms with Gasteiger partial charge in [-0.25, -0.2) is 4.98 Å². The molecular formula is C10H7BrClN3OS. The molecule has 17 heavy (non-hydrogen) atoms. The van der Waals surface area contributed by atoms with Gasteiger partial charge in [0.15, 0.2) is 0 Å². The number of nitrogens with zero attached hydrogens (tertiary/aromatic N) is 2. The molecule has 0 fully saturated rings. The number of aromatic nitrogens is 2. The minimum atomic E-state index is -0.299. The molecule has 0 spiro atoms. The zero-order chi connectivity index (χ0) is 12.4. The summed E-state index contributed by atoms with van der Waals surface area (Å²) in [6, 6.07) is 5.09. The summed E-state index contributed by atoms with van der Waals surface area (Å²) >= 11 is 10.4. The van der Waals surface area contributed by atoms with Crippen LogP contribution >= 0.6 is 39.1 Å². The van der Waals surface area contributed by atoms with Crippen LogP contribution in [0.3, 0.4) is 0 Å². The Bertz CT molecular complexity index is 572. The zero-order valence-corrected chi connectivity index (χ0v) is 11.9. The lowest BCUT2D eigenvalue weighted by atomic mass is 10.2. The number of nitrogens with one attached hydrogen (secondary N) is 1. The minimum absolute atomic E-state index is 0.299. The van der Waals surface area contributed by atoms with E-state index >= 15 is 0 Å². The first kappa shape index (κ1) is 12.5. The van der Waals surface area contributed by atoms with Crippen molar-refractivity contribution in [1.82, 2.24) is 9.36 Å². The van der Waals surface area contributed by atoms with Gasteiger partial charge in [-0.3, -0.25) is 10.1 Å². The highest BCUT2D eigenvalue weighted by atomic mass is 79.9. The van der Waals surface area contributed by atoms with Gasteiger partial charge in [-0.15, -0.1) is 0 Å². The third-order valence-electron chi connectivity index (χ3n) is 1.92. The average molecular weight is 333 g/mol. The van der Waals surface area contributed by atoms with Crippen molar-refractivity contribution >= 4 is 50.1 Å².